The van der Waals surface area contributed by atoms with Crippen LogP contribution < -0.4 is 4.74 Å². The second-order valence-electron chi connectivity index (χ2n) is 8.45. The first kappa shape index (κ1) is 21.7. The van der Waals surface area contributed by atoms with E-state index in [0.717, 1.165) is 17.7 Å². The molecule has 33 heavy (non-hydrogen) atoms. The van der Waals surface area contributed by atoms with E-state index in [1.165, 1.54) is 28.6 Å². The van der Waals surface area contributed by atoms with E-state index < -0.39 is 17.8 Å². The third-order valence-corrected chi connectivity index (χ3v) is 6.77. The Bertz CT molecular complexity index is 1200. The minimum atomic E-state index is -0.621. The number of aliphatic hydroxyl groups is 1. The van der Waals surface area contributed by atoms with Gasteiger partial charge in [-0.3, -0.25) is 9.59 Å². The summed E-state index contributed by atoms with van der Waals surface area (Å²) in [4.78, 5) is 30.9. The van der Waals surface area contributed by atoms with Crippen LogP contribution in [0.1, 0.15) is 51.6 Å². The number of Topliss-reactive ketones (excluding diaryl/α,β-unsaturated/α-hetero) is 1. The fraction of sp³-hybridized carbons (Fsp3) is 0.333. The SMILES string of the molecule is C[C@@H](Oc1ccc(C(=O)C2CC2)nc1)c1cc(-c2ccc(C(=O)N3CC(O)C3)c(F)c2)ns1. The predicted octanol–water partition coefficient (Wildman–Crippen LogP) is 3.89. The number of pyridine rings is 1. The Hall–Kier alpha value is -3.17. The standard InChI is InChI=1S/C24H22FN3O4S/c1-13(32-17-5-7-20(26-10-17)23(30)14-2-3-14)22-9-21(27-33-22)15-4-6-18(19(25)8-15)24(31)28-11-16(29)12-28/h4-10,13-14,16,29H,2-3,11-12H2,1H3/t13-/m1/s1. The normalized spacial score (nSPS) is 16.9. The Morgan fingerprint density at radius 2 is 2.00 bits per heavy atom. The monoisotopic (exact) mass is 467 g/mol. The highest BCUT2D eigenvalue weighted by Gasteiger charge is 2.32. The molecule has 170 valence electrons. The molecule has 2 aliphatic rings. The van der Waals surface area contributed by atoms with Gasteiger partial charge in [-0.25, -0.2) is 9.37 Å². The Morgan fingerprint density at radius 3 is 2.64 bits per heavy atom. The zero-order chi connectivity index (χ0) is 23.1. The lowest BCUT2D eigenvalue weighted by Crippen LogP contribution is -2.53. The lowest BCUT2D eigenvalue weighted by atomic mass is 10.0. The van der Waals surface area contributed by atoms with Crippen LogP contribution in [0.3, 0.4) is 0 Å². The molecule has 9 heteroatoms. The van der Waals surface area contributed by atoms with E-state index >= 15 is 0 Å². The van der Waals surface area contributed by atoms with Crippen molar-refractivity contribution >= 4 is 23.2 Å². The largest absolute Gasteiger partial charge is 0.484 e. The quantitative estimate of drug-likeness (QED) is 0.530. The van der Waals surface area contributed by atoms with Crippen molar-refractivity contribution in [3.63, 3.8) is 0 Å². The highest BCUT2D eigenvalue weighted by atomic mass is 32.1. The molecule has 1 saturated carbocycles. The lowest BCUT2D eigenvalue weighted by Gasteiger charge is -2.35. The number of aliphatic hydroxyl groups excluding tert-OH is 1. The summed E-state index contributed by atoms with van der Waals surface area (Å²) in [7, 11) is 0. The van der Waals surface area contributed by atoms with Crippen molar-refractivity contribution in [3.05, 3.63) is 64.5 Å². The van der Waals surface area contributed by atoms with Gasteiger partial charge in [0.2, 0.25) is 0 Å². The third kappa shape index (κ3) is 4.51. The fourth-order valence-electron chi connectivity index (χ4n) is 3.67. The molecule has 1 aromatic carbocycles. The number of benzene rings is 1. The van der Waals surface area contributed by atoms with Gasteiger partial charge in [0.05, 0.1) is 28.4 Å². The number of likely N-dealkylation sites (tertiary alicyclic amines) is 1. The van der Waals surface area contributed by atoms with Crippen LogP contribution in [0.2, 0.25) is 0 Å². The fourth-order valence-corrected chi connectivity index (χ4v) is 4.39. The zero-order valence-corrected chi connectivity index (χ0v) is 18.7. The minimum Gasteiger partial charge on any atom is -0.484 e. The van der Waals surface area contributed by atoms with Crippen LogP contribution in [0.25, 0.3) is 11.3 Å². The zero-order valence-electron chi connectivity index (χ0n) is 17.9. The van der Waals surface area contributed by atoms with E-state index in [1.807, 2.05) is 13.0 Å². The highest BCUT2D eigenvalue weighted by molar-refractivity contribution is 7.06. The van der Waals surface area contributed by atoms with Crippen LogP contribution in [0.4, 0.5) is 4.39 Å². The summed E-state index contributed by atoms with van der Waals surface area (Å²) in [6.07, 6.45) is 2.58. The molecule has 1 saturated heterocycles. The summed E-state index contributed by atoms with van der Waals surface area (Å²) < 4.78 is 25.0. The van der Waals surface area contributed by atoms with Gasteiger partial charge in [0.15, 0.2) is 5.78 Å². The average molecular weight is 468 g/mol. The van der Waals surface area contributed by atoms with Gasteiger partial charge in [-0.05, 0) is 61.6 Å². The molecule has 1 aliphatic heterocycles. The number of nitrogens with zero attached hydrogens (tertiary/aromatic N) is 3. The second kappa shape index (κ2) is 8.64. The Labute approximate surface area is 194 Å². The number of amides is 1. The number of aromatic nitrogens is 2. The van der Waals surface area contributed by atoms with Crippen molar-refractivity contribution in [1.82, 2.24) is 14.3 Å². The first-order valence-electron chi connectivity index (χ1n) is 10.8. The molecule has 3 aromatic rings. The third-order valence-electron chi connectivity index (χ3n) is 5.82. The molecule has 5 rings (SSSR count). The summed E-state index contributed by atoms with van der Waals surface area (Å²) in [5, 5.41) is 9.35. The first-order valence-corrected chi connectivity index (χ1v) is 11.6. The average Bonchev–Trinajstić information content (AvgIpc) is 3.52. The lowest BCUT2D eigenvalue weighted by molar-refractivity contribution is 0.00559. The molecule has 0 radical (unpaired) electrons. The Balaban J connectivity index is 1.25. The Kier molecular flexibility index (Phi) is 5.67. The van der Waals surface area contributed by atoms with Crippen molar-refractivity contribution in [2.75, 3.05) is 13.1 Å². The van der Waals surface area contributed by atoms with Crippen molar-refractivity contribution in [3.8, 4) is 17.0 Å². The van der Waals surface area contributed by atoms with Crippen LogP contribution >= 0.6 is 11.5 Å². The maximum absolute atomic E-state index is 14.6. The van der Waals surface area contributed by atoms with Crippen molar-refractivity contribution in [2.24, 2.45) is 5.92 Å². The molecule has 0 bridgehead atoms. The van der Waals surface area contributed by atoms with E-state index in [0.29, 0.717) is 22.7 Å². The van der Waals surface area contributed by atoms with E-state index in [4.69, 9.17) is 4.74 Å². The van der Waals surface area contributed by atoms with E-state index in [9.17, 15) is 19.1 Å². The summed E-state index contributed by atoms with van der Waals surface area (Å²) in [5.74, 6) is -0.285. The molecule has 2 fully saturated rings. The number of carbonyl (C=O) groups excluding carboxylic acids is 2. The second-order valence-corrected chi connectivity index (χ2v) is 9.29. The summed E-state index contributed by atoms with van der Waals surface area (Å²) in [6, 6.07) is 9.67. The van der Waals surface area contributed by atoms with Gasteiger partial charge in [-0.15, -0.1) is 0 Å². The van der Waals surface area contributed by atoms with Gasteiger partial charge in [0.1, 0.15) is 23.4 Å². The molecule has 0 spiro atoms. The number of carbonyl (C=O) groups is 2. The maximum Gasteiger partial charge on any atom is 0.257 e. The summed E-state index contributed by atoms with van der Waals surface area (Å²) in [5.41, 5.74) is 1.60. The van der Waals surface area contributed by atoms with Crippen LogP contribution in [0.5, 0.6) is 5.75 Å². The topological polar surface area (TPSA) is 92.6 Å². The number of β-amino-alcohol motifs (C(OH)–C–C–N with tert-alkyl or cyclic N) is 1. The molecular formula is C24H22FN3O4S. The van der Waals surface area contributed by atoms with Gasteiger partial charge >= 0.3 is 0 Å². The molecule has 1 atom stereocenters. The van der Waals surface area contributed by atoms with Gasteiger partial charge in [0, 0.05) is 24.6 Å². The van der Waals surface area contributed by atoms with Gasteiger partial charge in [0.25, 0.3) is 5.91 Å². The molecule has 7 nitrogen and oxygen atoms in total. The molecule has 2 aromatic heterocycles. The number of hydrogen-bond acceptors (Lipinski definition) is 7. The molecule has 1 N–H and O–H groups in total. The molecule has 1 aliphatic carbocycles. The van der Waals surface area contributed by atoms with Crippen molar-refractivity contribution in [1.29, 1.82) is 0 Å². The van der Waals surface area contributed by atoms with Crippen molar-refractivity contribution in [2.45, 2.75) is 32.0 Å². The van der Waals surface area contributed by atoms with Crippen LogP contribution in [-0.4, -0.2) is 50.2 Å². The van der Waals surface area contributed by atoms with Crippen LogP contribution in [0, 0.1) is 11.7 Å². The van der Waals surface area contributed by atoms with E-state index in [2.05, 4.69) is 9.36 Å². The number of hydrogen-bond donors (Lipinski definition) is 1. The van der Waals surface area contributed by atoms with E-state index in [1.54, 1.807) is 24.4 Å². The van der Waals surface area contributed by atoms with Crippen molar-refractivity contribution < 1.29 is 23.8 Å². The number of ether oxygens (including phenoxy) is 1. The first-order chi connectivity index (χ1) is 15.9. The minimum absolute atomic E-state index is 0.0195. The number of ketones is 1. The van der Waals surface area contributed by atoms with Gasteiger partial charge in [-0.1, -0.05) is 6.07 Å². The molecule has 3 heterocycles. The van der Waals surface area contributed by atoms with Gasteiger partial charge in [-0.2, -0.15) is 4.37 Å². The molecule has 1 amide bonds. The van der Waals surface area contributed by atoms with Gasteiger partial charge < -0.3 is 14.7 Å². The number of halogens is 1. The highest BCUT2D eigenvalue weighted by Crippen LogP contribution is 2.33. The summed E-state index contributed by atoms with van der Waals surface area (Å²) in [6.45, 7) is 2.33. The van der Waals surface area contributed by atoms with Crippen LogP contribution in [0.15, 0.2) is 42.6 Å². The Morgan fingerprint density at radius 1 is 1.21 bits per heavy atom. The summed E-state index contributed by atoms with van der Waals surface area (Å²) >= 11 is 1.25. The van der Waals surface area contributed by atoms with Crippen LogP contribution in [-0.2, 0) is 0 Å². The smallest absolute Gasteiger partial charge is 0.257 e. The predicted molar refractivity (Wildman–Crippen MR) is 120 cm³/mol. The van der Waals surface area contributed by atoms with E-state index in [-0.39, 0.29) is 36.5 Å². The number of rotatable bonds is 7. The molecular weight excluding hydrogens is 445 g/mol. The molecule has 0 unspecified atom stereocenters. The maximum atomic E-state index is 14.6.